The monoisotopic (exact) mass is 316 g/mol. The number of carboxylic acids is 1. The highest BCUT2D eigenvalue weighted by Crippen LogP contribution is 2.20. The summed E-state index contributed by atoms with van der Waals surface area (Å²) in [5, 5.41) is 13.2. The van der Waals surface area contributed by atoms with Crippen molar-refractivity contribution in [1.29, 1.82) is 0 Å². The summed E-state index contributed by atoms with van der Waals surface area (Å²) in [4.78, 5) is 16.9. The molecule has 0 amide bonds. The van der Waals surface area contributed by atoms with Gasteiger partial charge in [-0.3, -0.25) is 9.69 Å². The molecule has 1 saturated heterocycles. The first-order valence-electron chi connectivity index (χ1n) is 6.83. The number of carboxylic acid groups (broad SMARTS) is 1. The number of hydrogen-bond donors (Lipinski definition) is 1. The van der Waals surface area contributed by atoms with Crippen LogP contribution in [0.25, 0.3) is 0 Å². The molecule has 21 heavy (non-hydrogen) atoms. The highest BCUT2D eigenvalue weighted by molar-refractivity contribution is 7.91. The first-order chi connectivity index (χ1) is 9.78. The lowest BCUT2D eigenvalue weighted by molar-refractivity contribution is -0.139. The summed E-state index contributed by atoms with van der Waals surface area (Å²) in [7, 11) is -3.06. The summed E-state index contributed by atoms with van der Waals surface area (Å²) >= 11 is 0. The van der Waals surface area contributed by atoms with Gasteiger partial charge in [0.2, 0.25) is 0 Å². The highest BCUT2D eigenvalue weighted by Gasteiger charge is 2.33. The summed E-state index contributed by atoms with van der Waals surface area (Å²) in [6.45, 7) is 4.00. The van der Waals surface area contributed by atoms with Crippen LogP contribution >= 0.6 is 0 Å². The summed E-state index contributed by atoms with van der Waals surface area (Å²) < 4.78 is 24.9. The molecular weight excluding hydrogens is 296 g/mol. The Bertz CT molecular complexity index is 611. The summed E-state index contributed by atoms with van der Waals surface area (Å²) in [6, 6.07) is -0.162. The third kappa shape index (κ3) is 4.01. The van der Waals surface area contributed by atoms with Crippen LogP contribution in [-0.4, -0.2) is 63.3 Å². The Balaban J connectivity index is 2.17. The van der Waals surface area contributed by atoms with E-state index in [1.807, 2.05) is 13.8 Å². The van der Waals surface area contributed by atoms with Crippen molar-refractivity contribution in [3.8, 4) is 0 Å². The van der Waals surface area contributed by atoms with E-state index in [0.29, 0.717) is 12.2 Å². The Kier molecular flexibility index (Phi) is 4.62. The Morgan fingerprint density at radius 2 is 2.29 bits per heavy atom. The van der Waals surface area contributed by atoms with Gasteiger partial charge in [0.1, 0.15) is 12.2 Å². The molecule has 0 aromatic carbocycles. The second-order valence-corrected chi connectivity index (χ2v) is 7.80. The molecule has 1 atom stereocenters. The van der Waals surface area contributed by atoms with Crippen molar-refractivity contribution in [1.82, 2.24) is 19.7 Å². The lowest BCUT2D eigenvalue weighted by Gasteiger charge is -2.26. The number of hydrogen-bond acceptors (Lipinski definition) is 6. The van der Waals surface area contributed by atoms with Crippen molar-refractivity contribution in [2.24, 2.45) is 0 Å². The maximum Gasteiger partial charge on any atom is 0.317 e. The molecule has 0 aliphatic carbocycles. The second-order valence-electron chi connectivity index (χ2n) is 5.57. The van der Waals surface area contributed by atoms with Gasteiger partial charge in [-0.15, -0.1) is 0 Å². The number of aliphatic carboxylic acids is 1. The molecule has 9 heteroatoms. The average Bonchev–Trinajstić information content (AvgIpc) is 2.94. The molecule has 1 aliphatic heterocycles. The number of nitrogens with zero attached hydrogens (tertiary/aromatic N) is 4. The molecule has 118 valence electrons. The van der Waals surface area contributed by atoms with Crippen LogP contribution in [0.2, 0.25) is 0 Å². The van der Waals surface area contributed by atoms with Crippen molar-refractivity contribution in [3.05, 3.63) is 12.2 Å². The van der Waals surface area contributed by atoms with E-state index < -0.39 is 15.8 Å². The topological polar surface area (TPSA) is 105 Å². The SMILES string of the molecule is CC(C)n1ncnc1CN(CC(=O)O)C1CCS(=O)(=O)C1. The van der Waals surface area contributed by atoms with Gasteiger partial charge in [-0.25, -0.2) is 18.1 Å². The lowest BCUT2D eigenvalue weighted by atomic mass is 10.2. The van der Waals surface area contributed by atoms with E-state index in [4.69, 9.17) is 5.11 Å². The Labute approximate surface area is 123 Å². The summed E-state index contributed by atoms with van der Waals surface area (Å²) in [5.74, 6) is -0.203. The van der Waals surface area contributed by atoms with Gasteiger partial charge in [0.25, 0.3) is 0 Å². The highest BCUT2D eigenvalue weighted by atomic mass is 32.2. The van der Waals surface area contributed by atoms with Crippen LogP contribution < -0.4 is 0 Å². The van der Waals surface area contributed by atoms with Crippen LogP contribution in [0.5, 0.6) is 0 Å². The molecule has 1 aromatic rings. The van der Waals surface area contributed by atoms with E-state index in [0.717, 1.165) is 0 Å². The standard InChI is InChI=1S/C12H20N4O4S/c1-9(2)16-11(13-8-14-16)5-15(6-12(17)18)10-3-4-21(19,20)7-10/h8-10H,3-7H2,1-2H3,(H,17,18). The molecule has 1 aliphatic rings. The van der Waals surface area contributed by atoms with E-state index >= 15 is 0 Å². The Morgan fingerprint density at radius 3 is 2.81 bits per heavy atom. The predicted octanol–water partition coefficient (Wildman–Crippen LogP) is -0.0673. The molecule has 1 unspecified atom stereocenters. The van der Waals surface area contributed by atoms with Crippen LogP contribution in [-0.2, 0) is 21.2 Å². The maximum absolute atomic E-state index is 11.6. The van der Waals surface area contributed by atoms with Crippen molar-refractivity contribution >= 4 is 15.8 Å². The minimum absolute atomic E-state index is 0.0100. The van der Waals surface area contributed by atoms with Crippen molar-refractivity contribution in [2.75, 3.05) is 18.1 Å². The fraction of sp³-hybridized carbons (Fsp3) is 0.750. The zero-order chi connectivity index (χ0) is 15.6. The Morgan fingerprint density at radius 1 is 1.57 bits per heavy atom. The fourth-order valence-electron chi connectivity index (χ4n) is 2.55. The molecule has 0 bridgehead atoms. The molecule has 1 aromatic heterocycles. The van der Waals surface area contributed by atoms with E-state index in [-0.39, 0.29) is 36.7 Å². The zero-order valence-corrected chi connectivity index (χ0v) is 13.0. The second kappa shape index (κ2) is 6.10. The first kappa shape index (κ1) is 15.9. The molecule has 1 N–H and O–H groups in total. The quantitative estimate of drug-likeness (QED) is 0.783. The zero-order valence-electron chi connectivity index (χ0n) is 12.1. The number of carbonyl (C=O) groups is 1. The van der Waals surface area contributed by atoms with Crippen LogP contribution in [0.15, 0.2) is 6.33 Å². The van der Waals surface area contributed by atoms with Crippen LogP contribution in [0.1, 0.15) is 32.1 Å². The normalized spacial score (nSPS) is 21.2. The molecule has 0 spiro atoms. The van der Waals surface area contributed by atoms with E-state index in [2.05, 4.69) is 10.1 Å². The Hall–Kier alpha value is -1.48. The summed E-state index contributed by atoms with van der Waals surface area (Å²) in [5.41, 5.74) is 0. The van der Waals surface area contributed by atoms with Crippen LogP contribution in [0.4, 0.5) is 0 Å². The minimum Gasteiger partial charge on any atom is -0.480 e. The van der Waals surface area contributed by atoms with Gasteiger partial charge in [-0.1, -0.05) is 0 Å². The van der Waals surface area contributed by atoms with Crippen molar-refractivity contribution in [3.63, 3.8) is 0 Å². The van der Waals surface area contributed by atoms with Crippen molar-refractivity contribution in [2.45, 2.75) is 38.9 Å². The van der Waals surface area contributed by atoms with Gasteiger partial charge in [0, 0.05) is 12.1 Å². The van der Waals surface area contributed by atoms with Crippen LogP contribution in [0.3, 0.4) is 0 Å². The fourth-order valence-corrected chi connectivity index (χ4v) is 4.31. The van der Waals surface area contributed by atoms with E-state index in [9.17, 15) is 13.2 Å². The predicted molar refractivity (Wildman–Crippen MR) is 75.5 cm³/mol. The molecule has 0 radical (unpaired) electrons. The van der Waals surface area contributed by atoms with Gasteiger partial charge in [0.15, 0.2) is 9.84 Å². The smallest absolute Gasteiger partial charge is 0.317 e. The third-order valence-corrected chi connectivity index (χ3v) is 5.29. The molecular formula is C12H20N4O4S. The number of sulfone groups is 1. The minimum atomic E-state index is -3.06. The van der Waals surface area contributed by atoms with Crippen LogP contribution in [0, 0.1) is 0 Å². The number of aromatic nitrogens is 3. The molecule has 2 heterocycles. The average molecular weight is 316 g/mol. The van der Waals surface area contributed by atoms with Gasteiger partial charge < -0.3 is 5.11 Å². The third-order valence-electron chi connectivity index (χ3n) is 3.54. The van der Waals surface area contributed by atoms with E-state index in [1.54, 1.807) is 9.58 Å². The molecule has 2 rings (SSSR count). The molecule has 8 nitrogen and oxygen atoms in total. The lowest BCUT2D eigenvalue weighted by Crippen LogP contribution is -2.40. The summed E-state index contributed by atoms with van der Waals surface area (Å²) in [6.07, 6.45) is 1.89. The van der Waals surface area contributed by atoms with Gasteiger partial charge >= 0.3 is 5.97 Å². The van der Waals surface area contributed by atoms with E-state index in [1.165, 1.54) is 6.33 Å². The molecule has 0 saturated carbocycles. The first-order valence-corrected chi connectivity index (χ1v) is 8.65. The van der Waals surface area contributed by atoms with Gasteiger partial charge in [0.05, 0.1) is 24.6 Å². The molecule has 1 fully saturated rings. The largest absolute Gasteiger partial charge is 0.480 e. The van der Waals surface area contributed by atoms with Gasteiger partial charge in [-0.05, 0) is 20.3 Å². The van der Waals surface area contributed by atoms with Gasteiger partial charge in [-0.2, -0.15) is 5.10 Å². The van der Waals surface area contributed by atoms with Crippen molar-refractivity contribution < 1.29 is 18.3 Å². The maximum atomic E-state index is 11.6. The number of rotatable bonds is 6.